The van der Waals surface area contributed by atoms with E-state index in [1.54, 1.807) is 8.61 Å². The van der Waals surface area contributed by atoms with Gasteiger partial charge in [0, 0.05) is 26.2 Å². The highest BCUT2D eigenvalue weighted by molar-refractivity contribution is 7.86. The molecule has 0 spiro atoms. The maximum Gasteiger partial charge on any atom is 0.282 e. The van der Waals surface area contributed by atoms with E-state index in [1.807, 2.05) is 7.05 Å². The van der Waals surface area contributed by atoms with Crippen LogP contribution in [0.4, 0.5) is 0 Å². The zero-order valence-corrected chi connectivity index (χ0v) is 13.1. The van der Waals surface area contributed by atoms with Gasteiger partial charge in [-0.1, -0.05) is 13.8 Å². The summed E-state index contributed by atoms with van der Waals surface area (Å²) in [6.07, 6.45) is 2.10. The number of nitrogens with one attached hydrogen (secondary N) is 1. The molecule has 112 valence electrons. The fourth-order valence-corrected chi connectivity index (χ4v) is 5.37. The molecular weight excluding hydrogens is 262 g/mol. The van der Waals surface area contributed by atoms with Crippen molar-refractivity contribution in [3.63, 3.8) is 0 Å². The van der Waals surface area contributed by atoms with Gasteiger partial charge in [0.05, 0.1) is 0 Å². The molecule has 1 N–H and O–H groups in total. The van der Waals surface area contributed by atoms with Crippen LogP contribution in [0.1, 0.15) is 26.7 Å². The average molecular weight is 289 g/mol. The molecule has 0 aliphatic carbocycles. The summed E-state index contributed by atoms with van der Waals surface area (Å²) >= 11 is 0. The average Bonchev–Trinajstić information content (AvgIpc) is 2.77. The summed E-state index contributed by atoms with van der Waals surface area (Å²) in [5.74, 6) is 1.39. The van der Waals surface area contributed by atoms with Gasteiger partial charge in [-0.25, -0.2) is 0 Å². The van der Waals surface area contributed by atoms with Crippen LogP contribution >= 0.6 is 0 Å². The van der Waals surface area contributed by atoms with Crippen molar-refractivity contribution in [2.45, 2.75) is 26.7 Å². The molecule has 0 amide bonds. The number of piperidine rings is 1. The summed E-state index contributed by atoms with van der Waals surface area (Å²) in [7, 11) is -1.32. The van der Waals surface area contributed by atoms with Crippen molar-refractivity contribution in [2.24, 2.45) is 17.8 Å². The first kappa shape index (κ1) is 15.2. The molecule has 2 fully saturated rings. The lowest BCUT2D eigenvalue weighted by atomic mass is 9.94. The molecule has 0 radical (unpaired) electrons. The van der Waals surface area contributed by atoms with Crippen molar-refractivity contribution < 1.29 is 8.42 Å². The fourth-order valence-electron chi connectivity index (χ4n) is 3.42. The zero-order chi connectivity index (χ0) is 14.0. The lowest BCUT2D eigenvalue weighted by Crippen LogP contribution is -2.49. The maximum atomic E-state index is 12.7. The SMILES string of the molecule is CNCC1CCN(S(=O)(=O)N2CC(C)CC(C)C2)C1. The molecule has 19 heavy (non-hydrogen) atoms. The molecule has 6 heteroatoms. The Morgan fingerprint density at radius 3 is 2.32 bits per heavy atom. The van der Waals surface area contributed by atoms with Gasteiger partial charge in [-0.2, -0.15) is 17.0 Å². The number of nitrogens with zero attached hydrogens (tertiary/aromatic N) is 2. The zero-order valence-electron chi connectivity index (χ0n) is 12.3. The standard InChI is InChI=1S/C13H27N3O2S/c1-11-6-12(2)9-16(8-11)19(17,18)15-5-4-13(10-15)7-14-3/h11-14H,4-10H2,1-3H3. The lowest BCUT2D eigenvalue weighted by molar-refractivity contribution is 0.211. The van der Waals surface area contributed by atoms with E-state index < -0.39 is 10.2 Å². The Bertz CT molecular complexity index is 389. The van der Waals surface area contributed by atoms with E-state index in [2.05, 4.69) is 19.2 Å². The molecular formula is C13H27N3O2S. The summed E-state index contributed by atoms with van der Waals surface area (Å²) < 4.78 is 28.7. The minimum absolute atomic E-state index is 0.458. The van der Waals surface area contributed by atoms with E-state index in [9.17, 15) is 8.42 Å². The van der Waals surface area contributed by atoms with Crippen LogP contribution in [0.25, 0.3) is 0 Å². The van der Waals surface area contributed by atoms with Gasteiger partial charge in [0.2, 0.25) is 0 Å². The minimum atomic E-state index is -3.24. The molecule has 0 bridgehead atoms. The summed E-state index contributed by atoms with van der Waals surface area (Å²) in [6, 6.07) is 0. The van der Waals surface area contributed by atoms with Crippen LogP contribution in [-0.2, 0) is 10.2 Å². The van der Waals surface area contributed by atoms with Gasteiger partial charge in [0.25, 0.3) is 10.2 Å². The number of hydrogen-bond donors (Lipinski definition) is 1. The second-order valence-corrected chi connectivity index (χ2v) is 8.27. The summed E-state index contributed by atoms with van der Waals surface area (Å²) in [4.78, 5) is 0. The fraction of sp³-hybridized carbons (Fsp3) is 1.00. The molecule has 0 saturated carbocycles. The van der Waals surface area contributed by atoms with E-state index in [0.29, 0.717) is 43.9 Å². The Morgan fingerprint density at radius 2 is 1.74 bits per heavy atom. The van der Waals surface area contributed by atoms with Crippen LogP contribution in [0.5, 0.6) is 0 Å². The molecule has 0 aromatic rings. The van der Waals surface area contributed by atoms with E-state index in [4.69, 9.17) is 0 Å². The first-order chi connectivity index (χ1) is 8.93. The van der Waals surface area contributed by atoms with Gasteiger partial charge < -0.3 is 5.32 Å². The summed E-state index contributed by atoms with van der Waals surface area (Å²) in [6.45, 7) is 7.90. The Hall–Kier alpha value is -0.170. The quantitative estimate of drug-likeness (QED) is 0.831. The van der Waals surface area contributed by atoms with Crippen LogP contribution in [0.2, 0.25) is 0 Å². The second-order valence-electron chi connectivity index (χ2n) is 6.34. The molecule has 3 unspecified atom stereocenters. The third-order valence-electron chi connectivity index (χ3n) is 4.23. The maximum absolute atomic E-state index is 12.7. The topological polar surface area (TPSA) is 52.7 Å². The predicted molar refractivity (Wildman–Crippen MR) is 77.0 cm³/mol. The Labute approximate surface area is 117 Å². The molecule has 2 aliphatic rings. The third kappa shape index (κ3) is 3.48. The Balaban J connectivity index is 2.02. The van der Waals surface area contributed by atoms with Gasteiger partial charge >= 0.3 is 0 Å². The minimum Gasteiger partial charge on any atom is -0.319 e. The molecule has 0 aromatic carbocycles. The molecule has 0 aromatic heterocycles. The largest absolute Gasteiger partial charge is 0.319 e. The van der Waals surface area contributed by atoms with Crippen molar-refractivity contribution in [1.82, 2.24) is 13.9 Å². The molecule has 2 saturated heterocycles. The first-order valence-corrected chi connectivity index (χ1v) is 8.73. The monoisotopic (exact) mass is 289 g/mol. The molecule has 5 nitrogen and oxygen atoms in total. The van der Waals surface area contributed by atoms with Crippen molar-refractivity contribution >= 4 is 10.2 Å². The van der Waals surface area contributed by atoms with Gasteiger partial charge in [0.15, 0.2) is 0 Å². The van der Waals surface area contributed by atoms with Gasteiger partial charge in [-0.3, -0.25) is 0 Å². The third-order valence-corrected chi connectivity index (χ3v) is 6.16. The molecule has 2 aliphatic heterocycles. The molecule has 2 heterocycles. The summed E-state index contributed by atoms with van der Waals surface area (Å²) in [5, 5.41) is 3.14. The number of hydrogen-bond acceptors (Lipinski definition) is 3. The Kier molecular flexibility index (Phi) is 4.87. The van der Waals surface area contributed by atoms with Crippen molar-refractivity contribution in [1.29, 1.82) is 0 Å². The predicted octanol–water partition coefficient (Wildman–Crippen LogP) is 0.750. The highest BCUT2D eigenvalue weighted by atomic mass is 32.2. The number of rotatable bonds is 4. The van der Waals surface area contributed by atoms with Crippen LogP contribution in [0, 0.1) is 17.8 Å². The van der Waals surface area contributed by atoms with Crippen molar-refractivity contribution in [3.05, 3.63) is 0 Å². The van der Waals surface area contributed by atoms with E-state index in [1.165, 1.54) is 0 Å². The highest BCUT2D eigenvalue weighted by Gasteiger charge is 2.38. The van der Waals surface area contributed by atoms with Crippen LogP contribution in [0.15, 0.2) is 0 Å². The van der Waals surface area contributed by atoms with E-state index in [0.717, 1.165) is 19.4 Å². The van der Waals surface area contributed by atoms with E-state index in [-0.39, 0.29) is 0 Å². The normalized spacial score (nSPS) is 34.8. The van der Waals surface area contributed by atoms with Crippen LogP contribution in [-0.4, -0.2) is 56.8 Å². The van der Waals surface area contributed by atoms with Gasteiger partial charge in [-0.05, 0) is 44.2 Å². The molecule has 3 atom stereocenters. The highest BCUT2D eigenvalue weighted by Crippen LogP contribution is 2.27. The van der Waals surface area contributed by atoms with Crippen LogP contribution < -0.4 is 5.32 Å². The Morgan fingerprint density at radius 1 is 1.11 bits per heavy atom. The smallest absolute Gasteiger partial charge is 0.282 e. The first-order valence-electron chi connectivity index (χ1n) is 7.33. The van der Waals surface area contributed by atoms with Gasteiger partial charge in [-0.15, -0.1) is 0 Å². The van der Waals surface area contributed by atoms with Crippen molar-refractivity contribution in [2.75, 3.05) is 39.8 Å². The van der Waals surface area contributed by atoms with Gasteiger partial charge in [0.1, 0.15) is 0 Å². The second kappa shape index (κ2) is 6.08. The van der Waals surface area contributed by atoms with E-state index >= 15 is 0 Å². The molecule has 2 rings (SSSR count). The lowest BCUT2D eigenvalue weighted by Gasteiger charge is -2.36. The summed E-state index contributed by atoms with van der Waals surface area (Å²) in [5.41, 5.74) is 0. The van der Waals surface area contributed by atoms with Crippen molar-refractivity contribution in [3.8, 4) is 0 Å². The van der Waals surface area contributed by atoms with Crippen LogP contribution in [0.3, 0.4) is 0 Å².